The van der Waals surface area contributed by atoms with Crippen molar-refractivity contribution in [2.75, 3.05) is 14.1 Å². The molecule has 0 aliphatic rings. The normalized spacial score (nSPS) is 14.6. The number of likely N-dealkylation sites (N-methyl/N-ethyl adjacent to an activating group) is 1. The van der Waals surface area contributed by atoms with Gasteiger partial charge in [-0.25, -0.2) is 0 Å². The maximum Gasteiger partial charge on any atom is 0.0942 e. The Morgan fingerprint density at radius 1 is 0.955 bits per heavy atom. The zero-order valence-corrected chi connectivity index (χ0v) is 14.6. The van der Waals surface area contributed by atoms with Gasteiger partial charge < -0.3 is 10.0 Å². The number of aliphatic hydroxyl groups is 1. The Labute approximate surface area is 139 Å². The molecule has 0 amide bonds. The van der Waals surface area contributed by atoms with Gasteiger partial charge in [0, 0.05) is 10.5 Å². The molecule has 3 heteroatoms. The molecule has 0 saturated heterocycles. The number of hydrogen-bond acceptors (Lipinski definition) is 2. The third-order valence-corrected chi connectivity index (χ3v) is 5.10. The van der Waals surface area contributed by atoms with E-state index >= 15 is 0 Å². The summed E-state index contributed by atoms with van der Waals surface area (Å²) in [6, 6.07) is 16.8. The molecule has 0 aromatic heterocycles. The third kappa shape index (κ3) is 2.65. The van der Waals surface area contributed by atoms with Gasteiger partial charge in [0.25, 0.3) is 0 Å². The fourth-order valence-corrected chi connectivity index (χ4v) is 3.41. The first-order chi connectivity index (χ1) is 10.5. The van der Waals surface area contributed by atoms with Crippen molar-refractivity contribution in [1.29, 1.82) is 0 Å². The second kappa shape index (κ2) is 5.99. The van der Waals surface area contributed by atoms with Crippen molar-refractivity contribution < 1.29 is 5.11 Å². The molecule has 0 spiro atoms. The lowest BCUT2D eigenvalue weighted by Gasteiger charge is -2.25. The van der Waals surface area contributed by atoms with E-state index in [1.807, 2.05) is 38.1 Å². The van der Waals surface area contributed by atoms with Gasteiger partial charge in [0.2, 0.25) is 0 Å². The summed E-state index contributed by atoms with van der Waals surface area (Å²) < 4.78 is 1.10. The first-order valence-electron chi connectivity index (χ1n) is 7.44. The van der Waals surface area contributed by atoms with Gasteiger partial charge in [-0.05, 0) is 60.3 Å². The van der Waals surface area contributed by atoms with E-state index in [2.05, 4.69) is 52.3 Å². The summed E-state index contributed by atoms with van der Waals surface area (Å²) in [5, 5.41) is 15.4. The van der Waals surface area contributed by atoms with Crippen molar-refractivity contribution in [2.24, 2.45) is 0 Å². The van der Waals surface area contributed by atoms with Crippen LogP contribution in [0.5, 0.6) is 0 Å². The van der Waals surface area contributed by atoms with Crippen molar-refractivity contribution in [1.82, 2.24) is 4.90 Å². The Balaban J connectivity index is 2.21. The minimum absolute atomic E-state index is 0.0687. The van der Waals surface area contributed by atoms with Crippen molar-refractivity contribution in [3.8, 4) is 0 Å². The molecule has 0 aliphatic carbocycles. The Bertz CT molecular complexity index is 828. The van der Waals surface area contributed by atoms with Crippen molar-refractivity contribution in [3.05, 3.63) is 58.6 Å². The molecule has 0 unspecified atom stereocenters. The highest BCUT2D eigenvalue weighted by atomic mass is 79.9. The van der Waals surface area contributed by atoms with E-state index in [4.69, 9.17) is 0 Å². The molecule has 0 radical (unpaired) electrons. The Hall–Kier alpha value is -1.42. The van der Waals surface area contributed by atoms with Gasteiger partial charge in [-0.1, -0.05) is 52.3 Å². The second-order valence-corrected chi connectivity index (χ2v) is 6.89. The highest BCUT2D eigenvalue weighted by Gasteiger charge is 2.18. The van der Waals surface area contributed by atoms with Gasteiger partial charge in [0.05, 0.1) is 6.10 Å². The van der Waals surface area contributed by atoms with E-state index in [9.17, 15) is 5.11 Å². The highest BCUT2D eigenvalue weighted by Crippen LogP contribution is 2.33. The molecule has 0 bridgehead atoms. The molecule has 1 N–H and O–H groups in total. The van der Waals surface area contributed by atoms with E-state index < -0.39 is 6.10 Å². The molecule has 2 atom stereocenters. The molecule has 2 nitrogen and oxygen atoms in total. The molecular weight excluding hydrogens is 338 g/mol. The summed E-state index contributed by atoms with van der Waals surface area (Å²) in [4.78, 5) is 2.04. The van der Waals surface area contributed by atoms with Crippen LogP contribution < -0.4 is 0 Å². The molecular formula is C19H20BrNO. The summed E-state index contributed by atoms with van der Waals surface area (Å²) >= 11 is 3.65. The number of hydrogen-bond donors (Lipinski definition) is 1. The quantitative estimate of drug-likeness (QED) is 0.684. The second-order valence-electron chi connectivity index (χ2n) is 6.03. The average molecular weight is 358 g/mol. The molecule has 0 aliphatic heterocycles. The number of fused-ring (bicyclic) bond motifs is 3. The van der Waals surface area contributed by atoms with Crippen LogP contribution in [-0.4, -0.2) is 30.1 Å². The molecule has 3 aromatic carbocycles. The van der Waals surface area contributed by atoms with Gasteiger partial charge in [0.1, 0.15) is 0 Å². The SMILES string of the molecule is C[C@H]([C@H](O)c1ccc2cc(Br)c3ccccc3c2c1)N(C)C. The first kappa shape index (κ1) is 15.5. The van der Waals surface area contributed by atoms with Gasteiger partial charge in [-0.3, -0.25) is 0 Å². The topological polar surface area (TPSA) is 23.5 Å². The number of nitrogens with zero attached hydrogens (tertiary/aromatic N) is 1. The van der Waals surface area contributed by atoms with Gasteiger partial charge in [-0.2, -0.15) is 0 Å². The maximum absolute atomic E-state index is 10.6. The smallest absolute Gasteiger partial charge is 0.0942 e. The summed E-state index contributed by atoms with van der Waals surface area (Å²) in [6.45, 7) is 2.04. The van der Waals surface area contributed by atoms with Crippen LogP contribution in [0.4, 0.5) is 0 Å². The molecule has 3 rings (SSSR count). The monoisotopic (exact) mass is 357 g/mol. The predicted molar refractivity (Wildman–Crippen MR) is 97.3 cm³/mol. The van der Waals surface area contributed by atoms with Crippen LogP contribution in [0.15, 0.2) is 53.0 Å². The van der Waals surface area contributed by atoms with E-state index in [-0.39, 0.29) is 6.04 Å². The third-order valence-electron chi connectivity index (χ3n) is 4.45. The Morgan fingerprint density at radius 3 is 2.32 bits per heavy atom. The lowest BCUT2D eigenvalue weighted by atomic mass is 9.96. The standard InChI is InChI=1S/C19H20BrNO/c1-12(21(2)3)19(22)14-9-8-13-11-18(20)16-7-5-4-6-15(16)17(13)10-14/h4-12,19,22H,1-3H3/t12-,19+/m1/s1. The average Bonchev–Trinajstić information content (AvgIpc) is 2.53. The molecule has 0 heterocycles. The van der Waals surface area contributed by atoms with Crippen LogP contribution in [0.3, 0.4) is 0 Å². The zero-order chi connectivity index (χ0) is 15.9. The largest absolute Gasteiger partial charge is 0.387 e. The minimum Gasteiger partial charge on any atom is -0.387 e. The summed E-state index contributed by atoms with van der Waals surface area (Å²) in [5.41, 5.74) is 0.959. The Kier molecular flexibility index (Phi) is 4.22. The zero-order valence-electron chi connectivity index (χ0n) is 13.0. The fraction of sp³-hybridized carbons (Fsp3) is 0.263. The molecule has 3 aromatic rings. The number of rotatable bonds is 3. The maximum atomic E-state index is 10.6. The van der Waals surface area contributed by atoms with E-state index in [0.29, 0.717) is 0 Å². The number of aliphatic hydroxyl groups excluding tert-OH is 1. The summed E-state index contributed by atoms with van der Waals surface area (Å²) in [6.07, 6.45) is -0.498. The molecule has 22 heavy (non-hydrogen) atoms. The van der Waals surface area contributed by atoms with Crippen molar-refractivity contribution in [2.45, 2.75) is 19.1 Å². The Morgan fingerprint density at radius 2 is 1.64 bits per heavy atom. The van der Waals surface area contributed by atoms with Crippen molar-refractivity contribution >= 4 is 37.5 Å². The van der Waals surface area contributed by atoms with Crippen LogP contribution in [0.2, 0.25) is 0 Å². The van der Waals surface area contributed by atoms with Gasteiger partial charge in [0.15, 0.2) is 0 Å². The van der Waals surface area contributed by atoms with Crippen LogP contribution in [0.25, 0.3) is 21.5 Å². The summed E-state index contributed by atoms with van der Waals surface area (Å²) in [5.74, 6) is 0. The number of benzene rings is 3. The highest BCUT2D eigenvalue weighted by molar-refractivity contribution is 9.10. The first-order valence-corrected chi connectivity index (χ1v) is 8.23. The number of halogens is 1. The lowest BCUT2D eigenvalue weighted by Crippen LogP contribution is -2.30. The van der Waals surface area contributed by atoms with Crippen LogP contribution in [0, 0.1) is 0 Å². The molecule has 0 fully saturated rings. The van der Waals surface area contributed by atoms with Gasteiger partial charge >= 0.3 is 0 Å². The van der Waals surface area contributed by atoms with Crippen LogP contribution in [-0.2, 0) is 0 Å². The van der Waals surface area contributed by atoms with E-state index in [1.54, 1.807) is 0 Å². The predicted octanol–water partition coefficient (Wildman–Crippen LogP) is 4.74. The molecule has 0 saturated carbocycles. The summed E-state index contributed by atoms with van der Waals surface area (Å²) in [7, 11) is 3.98. The van der Waals surface area contributed by atoms with Crippen LogP contribution >= 0.6 is 15.9 Å². The van der Waals surface area contributed by atoms with E-state index in [1.165, 1.54) is 21.5 Å². The van der Waals surface area contributed by atoms with E-state index in [0.717, 1.165) is 10.0 Å². The van der Waals surface area contributed by atoms with Crippen LogP contribution in [0.1, 0.15) is 18.6 Å². The lowest BCUT2D eigenvalue weighted by molar-refractivity contribution is 0.0860. The fourth-order valence-electron chi connectivity index (χ4n) is 2.82. The molecule has 114 valence electrons. The van der Waals surface area contributed by atoms with Crippen molar-refractivity contribution in [3.63, 3.8) is 0 Å². The van der Waals surface area contributed by atoms with Gasteiger partial charge in [-0.15, -0.1) is 0 Å². The minimum atomic E-state index is -0.498.